The number of carbonyl (C=O) groups excluding carboxylic acids is 1. The van der Waals surface area contributed by atoms with Gasteiger partial charge in [0.1, 0.15) is 0 Å². The van der Waals surface area contributed by atoms with Crippen LogP contribution in [0.5, 0.6) is 0 Å². The van der Waals surface area contributed by atoms with Crippen molar-refractivity contribution in [3.05, 3.63) is 35.4 Å². The van der Waals surface area contributed by atoms with E-state index in [2.05, 4.69) is 10.5 Å². The van der Waals surface area contributed by atoms with E-state index >= 15 is 0 Å². The van der Waals surface area contributed by atoms with E-state index in [4.69, 9.17) is 10.9 Å². The topological polar surface area (TPSA) is 87.7 Å². The standard InChI is InChI=1S/C12H17N3O2/c1-8-5-3-4-6-10(8)7-11(16)14-9(2)12(13)15-17/h3-6,9,17H,7H2,1-2H3,(H2,13,15)(H,14,16). The zero-order valence-electron chi connectivity index (χ0n) is 9.97. The van der Waals surface area contributed by atoms with Crippen molar-refractivity contribution in [3.8, 4) is 0 Å². The van der Waals surface area contributed by atoms with Crippen molar-refractivity contribution >= 4 is 11.7 Å². The summed E-state index contributed by atoms with van der Waals surface area (Å²) in [5, 5.41) is 14.0. The number of benzene rings is 1. The van der Waals surface area contributed by atoms with Crippen LogP contribution in [-0.2, 0) is 11.2 Å². The van der Waals surface area contributed by atoms with Crippen molar-refractivity contribution in [1.82, 2.24) is 5.32 Å². The second-order valence-electron chi connectivity index (χ2n) is 3.92. The summed E-state index contributed by atoms with van der Waals surface area (Å²) in [6.45, 7) is 3.61. The highest BCUT2D eigenvalue weighted by Gasteiger charge is 2.12. The van der Waals surface area contributed by atoms with Gasteiger partial charge in [0.15, 0.2) is 5.84 Å². The summed E-state index contributed by atoms with van der Waals surface area (Å²) in [4.78, 5) is 11.7. The van der Waals surface area contributed by atoms with Crippen molar-refractivity contribution in [2.45, 2.75) is 26.3 Å². The third-order valence-corrected chi connectivity index (χ3v) is 2.55. The average Bonchev–Trinajstić information content (AvgIpc) is 2.31. The lowest BCUT2D eigenvalue weighted by Crippen LogP contribution is -2.43. The molecule has 0 aliphatic heterocycles. The number of rotatable bonds is 4. The van der Waals surface area contributed by atoms with E-state index in [1.807, 2.05) is 31.2 Å². The third kappa shape index (κ3) is 3.79. The summed E-state index contributed by atoms with van der Waals surface area (Å²) in [5.74, 6) is -0.165. The van der Waals surface area contributed by atoms with Crippen LogP contribution in [0.3, 0.4) is 0 Å². The Hall–Kier alpha value is -2.04. The first-order valence-corrected chi connectivity index (χ1v) is 5.36. The van der Waals surface area contributed by atoms with Crippen LogP contribution in [0.2, 0.25) is 0 Å². The highest BCUT2D eigenvalue weighted by atomic mass is 16.4. The van der Waals surface area contributed by atoms with Crippen molar-refractivity contribution in [2.75, 3.05) is 0 Å². The van der Waals surface area contributed by atoms with Crippen molar-refractivity contribution < 1.29 is 10.0 Å². The Morgan fingerprint density at radius 1 is 1.53 bits per heavy atom. The van der Waals surface area contributed by atoms with Crippen molar-refractivity contribution in [3.63, 3.8) is 0 Å². The first-order chi connectivity index (χ1) is 8.04. The minimum absolute atomic E-state index is 0.0110. The van der Waals surface area contributed by atoms with E-state index in [0.29, 0.717) is 0 Å². The molecule has 1 amide bonds. The first kappa shape index (κ1) is 13.0. The Morgan fingerprint density at radius 3 is 2.76 bits per heavy atom. The molecule has 0 saturated heterocycles. The predicted molar refractivity (Wildman–Crippen MR) is 65.9 cm³/mol. The second-order valence-corrected chi connectivity index (χ2v) is 3.92. The maximum atomic E-state index is 11.7. The maximum absolute atomic E-state index is 11.7. The van der Waals surface area contributed by atoms with E-state index < -0.39 is 6.04 Å². The summed E-state index contributed by atoms with van der Waals surface area (Å²) in [5.41, 5.74) is 7.41. The highest BCUT2D eigenvalue weighted by Crippen LogP contribution is 2.07. The van der Waals surface area contributed by atoms with E-state index in [0.717, 1.165) is 11.1 Å². The van der Waals surface area contributed by atoms with E-state index in [-0.39, 0.29) is 18.2 Å². The fraction of sp³-hybridized carbons (Fsp3) is 0.333. The van der Waals surface area contributed by atoms with Crippen LogP contribution in [0, 0.1) is 6.92 Å². The number of amides is 1. The van der Waals surface area contributed by atoms with Crippen LogP contribution in [0.15, 0.2) is 29.4 Å². The molecule has 1 aromatic carbocycles. The number of nitrogens with one attached hydrogen (secondary N) is 1. The van der Waals surface area contributed by atoms with E-state index in [1.54, 1.807) is 6.92 Å². The van der Waals surface area contributed by atoms with Crippen LogP contribution in [0.1, 0.15) is 18.1 Å². The Kier molecular flexibility index (Phi) is 4.51. The minimum atomic E-state index is -0.475. The number of hydrogen-bond donors (Lipinski definition) is 3. The molecule has 0 heterocycles. The highest BCUT2D eigenvalue weighted by molar-refractivity contribution is 5.90. The lowest BCUT2D eigenvalue weighted by atomic mass is 10.1. The van der Waals surface area contributed by atoms with Gasteiger partial charge in [-0.15, -0.1) is 0 Å². The van der Waals surface area contributed by atoms with E-state index in [1.165, 1.54) is 0 Å². The number of nitrogens with zero attached hydrogens (tertiary/aromatic N) is 1. The molecule has 0 bridgehead atoms. The van der Waals surface area contributed by atoms with Gasteiger partial charge in [-0.1, -0.05) is 29.4 Å². The van der Waals surface area contributed by atoms with Gasteiger partial charge in [0, 0.05) is 0 Å². The van der Waals surface area contributed by atoms with Crippen LogP contribution in [0.25, 0.3) is 0 Å². The molecule has 0 saturated carbocycles. The van der Waals surface area contributed by atoms with E-state index in [9.17, 15) is 4.79 Å². The molecule has 1 aromatic rings. The molecular weight excluding hydrogens is 218 g/mol. The SMILES string of the molecule is Cc1ccccc1CC(=O)NC(C)/C(N)=N/O. The van der Waals surface area contributed by atoms with Gasteiger partial charge in [0.05, 0.1) is 12.5 Å². The van der Waals surface area contributed by atoms with Gasteiger partial charge in [-0.2, -0.15) is 0 Å². The quantitative estimate of drug-likeness (QED) is 0.312. The molecular formula is C12H17N3O2. The molecule has 1 atom stereocenters. The monoisotopic (exact) mass is 235 g/mol. The van der Waals surface area contributed by atoms with Crippen LogP contribution >= 0.6 is 0 Å². The predicted octanol–water partition coefficient (Wildman–Crippen LogP) is 0.789. The summed E-state index contributed by atoms with van der Waals surface area (Å²) in [6.07, 6.45) is 0.287. The first-order valence-electron chi connectivity index (χ1n) is 5.36. The lowest BCUT2D eigenvalue weighted by Gasteiger charge is -2.12. The summed E-state index contributed by atoms with van der Waals surface area (Å²) < 4.78 is 0. The molecule has 0 aliphatic carbocycles. The zero-order valence-corrected chi connectivity index (χ0v) is 9.97. The molecule has 5 nitrogen and oxygen atoms in total. The number of amidine groups is 1. The molecule has 5 heteroatoms. The summed E-state index contributed by atoms with van der Waals surface area (Å²) >= 11 is 0. The Labute approximate surface area is 100 Å². The van der Waals surface area contributed by atoms with Gasteiger partial charge >= 0.3 is 0 Å². The molecule has 0 fully saturated rings. The summed E-state index contributed by atoms with van der Waals surface area (Å²) in [7, 11) is 0. The van der Waals surface area contributed by atoms with Crippen LogP contribution in [0.4, 0.5) is 0 Å². The third-order valence-electron chi connectivity index (χ3n) is 2.55. The number of carbonyl (C=O) groups is 1. The largest absolute Gasteiger partial charge is 0.409 e. The lowest BCUT2D eigenvalue weighted by molar-refractivity contribution is -0.120. The van der Waals surface area contributed by atoms with Gasteiger partial charge in [-0.3, -0.25) is 4.79 Å². The number of oxime groups is 1. The normalized spacial score (nSPS) is 13.2. The molecule has 1 rings (SSSR count). The van der Waals surface area contributed by atoms with Crippen LogP contribution in [-0.4, -0.2) is 23.0 Å². The average molecular weight is 235 g/mol. The fourth-order valence-electron chi connectivity index (χ4n) is 1.43. The maximum Gasteiger partial charge on any atom is 0.225 e. The second kappa shape index (κ2) is 5.89. The fourth-order valence-corrected chi connectivity index (χ4v) is 1.43. The number of aryl methyl sites for hydroxylation is 1. The Bertz CT molecular complexity index is 430. The Balaban J connectivity index is 2.59. The van der Waals surface area contributed by atoms with Gasteiger partial charge in [0.25, 0.3) is 0 Å². The Morgan fingerprint density at radius 2 is 2.18 bits per heavy atom. The summed E-state index contributed by atoms with van der Waals surface area (Å²) in [6, 6.07) is 7.20. The molecule has 0 aliphatic rings. The molecule has 92 valence electrons. The minimum Gasteiger partial charge on any atom is -0.409 e. The van der Waals surface area contributed by atoms with Crippen molar-refractivity contribution in [2.24, 2.45) is 10.9 Å². The molecule has 0 radical (unpaired) electrons. The van der Waals surface area contributed by atoms with Crippen molar-refractivity contribution in [1.29, 1.82) is 0 Å². The molecule has 1 unspecified atom stereocenters. The molecule has 17 heavy (non-hydrogen) atoms. The van der Waals surface area contributed by atoms with Crippen LogP contribution < -0.4 is 11.1 Å². The smallest absolute Gasteiger partial charge is 0.225 e. The zero-order chi connectivity index (χ0) is 12.8. The van der Waals surface area contributed by atoms with Gasteiger partial charge in [0.2, 0.25) is 5.91 Å². The van der Waals surface area contributed by atoms with Gasteiger partial charge < -0.3 is 16.3 Å². The van der Waals surface area contributed by atoms with Gasteiger partial charge in [-0.05, 0) is 25.0 Å². The molecule has 0 aromatic heterocycles. The number of nitrogens with two attached hydrogens (primary N) is 1. The number of hydrogen-bond acceptors (Lipinski definition) is 3. The molecule has 4 N–H and O–H groups in total. The van der Waals surface area contributed by atoms with Gasteiger partial charge in [-0.25, -0.2) is 0 Å². The molecule has 0 spiro atoms.